The van der Waals surface area contributed by atoms with E-state index in [1.165, 1.54) is 25.7 Å². The lowest BCUT2D eigenvalue weighted by molar-refractivity contribution is 0.468. The summed E-state index contributed by atoms with van der Waals surface area (Å²) in [6.45, 7) is 6.39. The van der Waals surface area contributed by atoms with Gasteiger partial charge >= 0.3 is 0 Å². The van der Waals surface area contributed by atoms with Crippen molar-refractivity contribution in [1.82, 2.24) is 10.3 Å². The van der Waals surface area contributed by atoms with Crippen LogP contribution >= 0.6 is 0 Å². The van der Waals surface area contributed by atoms with Crippen LogP contribution in [0.2, 0.25) is 0 Å². The smallest absolute Gasteiger partial charge is 0.180 e. The molecule has 0 saturated heterocycles. The average Bonchev–Trinajstić information content (AvgIpc) is 2.63. The summed E-state index contributed by atoms with van der Waals surface area (Å²) in [5.74, 6) is 1.73. The van der Waals surface area contributed by atoms with Crippen LogP contribution in [-0.4, -0.2) is 11.5 Å². The second kappa shape index (κ2) is 6.60. The second-order valence-corrected chi connectivity index (χ2v) is 4.03. The third kappa shape index (κ3) is 5.02. The van der Waals surface area contributed by atoms with Crippen molar-refractivity contribution >= 4 is 0 Å². The molecule has 0 fully saturated rings. The lowest BCUT2D eigenvalue weighted by Crippen LogP contribution is -2.14. The summed E-state index contributed by atoms with van der Waals surface area (Å²) in [4.78, 5) is 3.85. The van der Waals surface area contributed by atoms with E-state index in [4.69, 9.17) is 4.42 Å². The number of hydrogen-bond donors (Lipinski definition) is 1. The molecule has 0 aliphatic heterocycles. The first-order chi connectivity index (χ1) is 6.79. The molecule has 1 rings (SSSR count). The van der Waals surface area contributed by atoms with Crippen molar-refractivity contribution in [3.8, 4) is 0 Å². The van der Waals surface area contributed by atoms with E-state index in [1.54, 1.807) is 6.20 Å². The number of rotatable bonds is 7. The van der Waals surface area contributed by atoms with Gasteiger partial charge in [0.15, 0.2) is 6.39 Å². The minimum absolute atomic E-state index is 0.793. The molecule has 14 heavy (non-hydrogen) atoms. The number of oxazole rings is 1. The molecule has 3 nitrogen and oxygen atoms in total. The number of hydrogen-bond acceptors (Lipinski definition) is 3. The predicted octanol–water partition coefficient (Wildman–Crippen LogP) is 2.59. The van der Waals surface area contributed by atoms with Crippen LogP contribution in [0.4, 0.5) is 0 Å². The Bertz CT molecular complexity index is 219. The SMILES string of the molecule is CC(C)CCCCNCc1cnco1. The van der Waals surface area contributed by atoms with Crippen molar-refractivity contribution in [2.45, 2.75) is 39.7 Å². The molecule has 1 aromatic heterocycles. The molecular formula is C11H20N2O. The standard InChI is InChI=1S/C11H20N2O/c1-10(2)5-3-4-6-12-7-11-8-13-9-14-11/h8-10,12H,3-7H2,1-2H3. The fourth-order valence-corrected chi connectivity index (χ4v) is 1.34. The highest BCUT2D eigenvalue weighted by Gasteiger charge is 1.96. The number of aromatic nitrogens is 1. The van der Waals surface area contributed by atoms with Gasteiger partial charge < -0.3 is 9.73 Å². The Balaban J connectivity index is 1.90. The molecule has 80 valence electrons. The second-order valence-electron chi connectivity index (χ2n) is 4.03. The Morgan fingerprint density at radius 3 is 2.93 bits per heavy atom. The molecule has 1 N–H and O–H groups in total. The van der Waals surface area contributed by atoms with Crippen LogP contribution in [-0.2, 0) is 6.54 Å². The van der Waals surface area contributed by atoms with Gasteiger partial charge in [0.1, 0.15) is 5.76 Å². The molecule has 1 aromatic rings. The highest BCUT2D eigenvalue weighted by atomic mass is 16.3. The van der Waals surface area contributed by atoms with E-state index in [0.29, 0.717) is 0 Å². The van der Waals surface area contributed by atoms with Crippen LogP contribution in [0.25, 0.3) is 0 Å². The van der Waals surface area contributed by atoms with Gasteiger partial charge in [0.2, 0.25) is 0 Å². The molecule has 0 bridgehead atoms. The molecule has 0 aliphatic rings. The maximum Gasteiger partial charge on any atom is 0.180 e. The molecule has 1 heterocycles. The molecule has 0 amide bonds. The Hall–Kier alpha value is -0.830. The molecular weight excluding hydrogens is 176 g/mol. The lowest BCUT2D eigenvalue weighted by Gasteiger charge is -2.04. The van der Waals surface area contributed by atoms with Gasteiger partial charge in [0.25, 0.3) is 0 Å². The Labute approximate surface area is 85.9 Å². The molecule has 0 saturated carbocycles. The Kier molecular flexibility index (Phi) is 5.30. The van der Waals surface area contributed by atoms with Crippen LogP contribution in [0, 0.1) is 5.92 Å². The molecule has 0 atom stereocenters. The fraction of sp³-hybridized carbons (Fsp3) is 0.727. The zero-order valence-electron chi connectivity index (χ0n) is 9.12. The minimum Gasteiger partial charge on any atom is -0.447 e. The zero-order chi connectivity index (χ0) is 10.2. The van der Waals surface area contributed by atoms with E-state index >= 15 is 0 Å². The van der Waals surface area contributed by atoms with Crippen molar-refractivity contribution in [2.24, 2.45) is 5.92 Å². The van der Waals surface area contributed by atoms with E-state index in [0.717, 1.165) is 24.8 Å². The van der Waals surface area contributed by atoms with Gasteiger partial charge in [-0.25, -0.2) is 4.98 Å². The normalized spacial score (nSPS) is 11.1. The number of nitrogens with one attached hydrogen (secondary N) is 1. The van der Waals surface area contributed by atoms with Gasteiger partial charge in [-0.15, -0.1) is 0 Å². The number of unbranched alkanes of at least 4 members (excludes halogenated alkanes) is 1. The van der Waals surface area contributed by atoms with Gasteiger partial charge in [-0.05, 0) is 18.9 Å². The van der Waals surface area contributed by atoms with Crippen LogP contribution in [0.15, 0.2) is 17.0 Å². The fourth-order valence-electron chi connectivity index (χ4n) is 1.34. The van der Waals surface area contributed by atoms with E-state index in [-0.39, 0.29) is 0 Å². The summed E-state index contributed by atoms with van der Waals surface area (Å²) in [5, 5.41) is 3.33. The van der Waals surface area contributed by atoms with E-state index in [9.17, 15) is 0 Å². The molecule has 0 aromatic carbocycles. The van der Waals surface area contributed by atoms with Gasteiger partial charge in [0.05, 0.1) is 12.7 Å². The summed E-state index contributed by atoms with van der Waals surface area (Å²) < 4.78 is 5.10. The van der Waals surface area contributed by atoms with Gasteiger partial charge in [-0.1, -0.05) is 26.7 Å². The van der Waals surface area contributed by atoms with E-state index in [1.807, 2.05) is 0 Å². The van der Waals surface area contributed by atoms with Gasteiger partial charge in [-0.3, -0.25) is 0 Å². The monoisotopic (exact) mass is 196 g/mol. The largest absolute Gasteiger partial charge is 0.447 e. The minimum atomic E-state index is 0.793. The van der Waals surface area contributed by atoms with Crippen molar-refractivity contribution in [3.05, 3.63) is 18.4 Å². The van der Waals surface area contributed by atoms with Gasteiger partial charge in [0, 0.05) is 0 Å². The molecule has 0 spiro atoms. The number of nitrogens with zero attached hydrogens (tertiary/aromatic N) is 1. The first-order valence-electron chi connectivity index (χ1n) is 5.37. The molecule has 3 heteroatoms. The molecule has 0 radical (unpaired) electrons. The van der Waals surface area contributed by atoms with Crippen molar-refractivity contribution in [2.75, 3.05) is 6.54 Å². The van der Waals surface area contributed by atoms with Crippen LogP contribution in [0.3, 0.4) is 0 Å². The maximum absolute atomic E-state index is 5.10. The van der Waals surface area contributed by atoms with Crippen LogP contribution < -0.4 is 5.32 Å². The maximum atomic E-state index is 5.10. The first-order valence-corrected chi connectivity index (χ1v) is 5.37. The van der Waals surface area contributed by atoms with Crippen molar-refractivity contribution in [1.29, 1.82) is 0 Å². The Morgan fingerprint density at radius 2 is 2.29 bits per heavy atom. The highest BCUT2D eigenvalue weighted by Crippen LogP contribution is 2.05. The Morgan fingerprint density at radius 1 is 1.43 bits per heavy atom. The van der Waals surface area contributed by atoms with Crippen LogP contribution in [0.1, 0.15) is 38.9 Å². The quantitative estimate of drug-likeness (QED) is 0.681. The summed E-state index contributed by atoms with van der Waals surface area (Å²) in [6, 6.07) is 0. The summed E-state index contributed by atoms with van der Waals surface area (Å²) in [7, 11) is 0. The predicted molar refractivity (Wildman–Crippen MR) is 56.9 cm³/mol. The summed E-state index contributed by atoms with van der Waals surface area (Å²) >= 11 is 0. The molecule has 0 aliphatic carbocycles. The van der Waals surface area contributed by atoms with Crippen molar-refractivity contribution < 1.29 is 4.42 Å². The first kappa shape index (κ1) is 11.2. The van der Waals surface area contributed by atoms with Crippen LogP contribution in [0.5, 0.6) is 0 Å². The highest BCUT2D eigenvalue weighted by molar-refractivity contribution is 4.86. The van der Waals surface area contributed by atoms with Gasteiger partial charge in [-0.2, -0.15) is 0 Å². The zero-order valence-corrected chi connectivity index (χ0v) is 9.12. The topological polar surface area (TPSA) is 38.1 Å². The lowest BCUT2D eigenvalue weighted by atomic mass is 10.1. The third-order valence-electron chi connectivity index (χ3n) is 2.17. The third-order valence-corrected chi connectivity index (χ3v) is 2.17. The summed E-state index contributed by atoms with van der Waals surface area (Å²) in [6.07, 6.45) is 7.09. The van der Waals surface area contributed by atoms with Crippen molar-refractivity contribution in [3.63, 3.8) is 0 Å². The summed E-state index contributed by atoms with van der Waals surface area (Å²) in [5.41, 5.74) is 0. The van der Waals surface area contributed by atoms with E-state index < -0.39 is 0 Å². The average molecular weight is 196 g/mol. The molecule has 0 unspecified atom stereocenters. The van der Waals surface area contributed by atoms with E-state index in [2.05, 4.69) is 24.1 Å².